The lowest BCUT2D eigenvalue weighted by Crippen LogP contribution is -2.33. The zero-order valence-corrected chi connectivity index (χ0v) is 10.3. The van der Waals surface area contributed by atoms with Gasteiger partial charge in [-0.2, -0.15) is 0 Å². The average molecular weight is 250 g/mol. The van der Waals surface area contributed by atoms with E-state index in [0.717, 1.165) is 12.8 Å². The minimum atomic E-state index is -0.518. The maximum atomic E-state index is 14.4. The van der Waals surface area contributed by atoms with E-state index >= 15 is 0 Å². The molecule has 4 nitrogen and oxygen atoms in total. The number of hydrogen-bond donors (Lipinski definition) is 2. The van der Waals surface area contributed by atoms with Gasteiger partial charge in [0.2, 0.25) is 0 Å². The van der Waals surface area contributed by atoms with Crippen molar-refractivity contribution < 1.29 is 4.39 Å². The van der Waals surface area contributed by atoms with Gasteiger partial charge in [-0.3, -0.25) is 9.78 Å². The summed E-state index contributed by atoms with van der Waals surface area (Å²) < 4.78 is 14.4. The molecule has 0 aliphatic heterocycles. The summed E-state index contributed by atoms with van der Waals surface area (Å²) in [7, 11) is 0. The summed E-state index contributed by atoms with van der Waals surface area (Å²) in [5, 5.41) is 0. The Hall–Kier alpha value is -1.65. The van der Waals surface area contributed by atoms with E-state index in [1.165, 1.54) is 0 Å². The molecule has 3 rings (SSSR count). The SMILES string of the molecule is CC1=C(F)C(C2CC2)C(C)c2[nH]c(=O)[nH]c(=O)c21. The topological polar surface area (TPSA) is 65.7 Å². The summed E-state index contributed by atoms with van der Waals surface area (Å²) in [6, 6.07) is 0. The molecule has 2 atom stereocenters. The number of aromatic amines is 2. The van der Waals surface area contributed by atoms with E-state index in [2.05, 4.69) is 9.97 Å². The van der Waals surface area contributed by atoms with Crippen LogP contribution in [0.25, 0.3) is 5.57 Å². The molecule has 1 aromatic heterocycles. The van der Waals surface area contributed by atoms with Crippen molar-refractivity contribution >= 4 is 5.57 Å². The van der Waals surface area contributed by atoms with Crippen LogP contribution in [0.5, 0.6) is 0 Å². The van der Waals surface area contributed by atoms with Gasteiger partial charge < -0.3 is 4.98 Å². The Kier molecular flexibility index (Phi) is 2.33. The number of rotatable bonds is 1. The predicted molar refractivity (Wildman–Crippen MR) is 66.0 cm³/mol. The fourth-order valence-corrected chi connectivity index (χ4v) is 3.06. The fraction of sp³-hybridized carbons (Fsp3) is 0.538. The normalized spacial score (nSPS) is 27.3. The minimum absolute atomic E-state index is 0.147. The van der Waals surface area contributed by atoms with Crippen molar-refractivity contribution in [1.82, 2.24) is 9.97 Å². The molecule has 2 unspecified atom stereocenters. The molecule has 1 fully saturated rings. The molecule has 0 radical (unpaired) electrons. The second kappa shape index (κ2) is 3.67. The minimum Gasteiger partial charge on any atom is -0.310 e. The number of H-pyrrole nitrogens is 2. The van der Waals surface area contributed by atoms with E-state index in [9.17, 15) is 14.0 Å². The Balaban J connectivity index is 2.28. The number of nitrogens with one attached hydrogen (secondary N) is 2. The van der Waals surface area contributed by atoms with Crippen molar-refractivity contribution in [1.29, 1.82) is 0 Å². The van der Waals surface area contributed by atoms with Gasteiger partial charge in [0.05, 0.1) is 5.56 Å². The standard InChI is InChI=1S/C13H15FN2O2/c1-5-9-11(15-13(18)16-12(9)17)6(2)8(10(5)14)7-3-4-7/h6-8H,3-4H2,1-2H3,(H2,15,16,17,18). The van der Waals surface area contributed by atoms with Crippen LogP contribution in [-0.4, -0.2) is 9.97 Å². The smallest absolute Gasteiger partial charge is 0.310 e. The third-order valence-electron chi connectivity index (χ3n) is 4.12. The van der Waals surface area contributed by atoms with Gasteiger partial charge in [0.1, 0.15) is 5.83 Å². The van der Waals surface area contributed by atoms with E-state index in [1.807, 2.05) is 6.92 Å². The van der Waals surface area contributed by atoms with E-state index in [0.29, 0.717) is 22.7 Å². The molecule has 96 valence electrons. The average Bonchev–Trinajstić information content (AvgIpc) is 3.10. The Morgan fingerprint density at radius 1 is 1.22 bits per heavy atom. The van der Waals surface area contributed by atoms with Crippen LogP contribution in [0.4, 0.5) is 4.39 Å². The Morgan fingerprint density at radius 2 is 1.89 bits per heavy atom. The van der Waals surface area contributed by atoms with Gasteiger partial charge in [-0.1, -0.05) is 6.92 Å². The number of hydrogen-bond acceptors (Lipinski definition) is 2. The number of aromatic nitrogens is 2. The van der Waals surface area contributed by atoms with E-state index in [4.69, 9.17) is 0 Å². The molecule has 5 heteroatoms. The van der Waals surface area contributed by atoms with Crippen LogP contribution in [0, 0.1) is 11.8 Å². The van der Waals surface area contributed by atoms with Crippen LogP contribution >= 0.6 is 0 Å². The summed E-state index contributed by atoms with van der Waals surface area (Å²) in [6.07, 6.45) is 2.05. The van der Waals surface area contributed by atoms with Gasteiger partial charge in [-0.05, 0) is 31.3 Å². The highest BCUT2D eigenvalue weighted by molar-refractivity contribution is 5.70. The quantitative estimate of drug-likeness (QED) is 0.799. The number of halogens is 1. The Morgan fingerprint density at radius 3 is 2.50 bits per heavy atom. The summed E-state index contributed by atoms with van der Waals surface area (Å²) in [4.78, 5) is 28.0. The first-order chi connectivity index (χ1) is 8.50. The third-order valence-corrected chi connectivity index (χ3v) is 4.12. The van der Waals surface area contributed by atoms with Crippen molar-refractivity contribution in [3.05, 3.63) is 37.9 Å². The molecule has 1 saturated carbocycles. The molecule has 2 aliphatic rings. The number of allylic oxidation sites excluding steroid dienone is 2. The highest BCUT2D eigenvalue weighted by Crippen LogP contribution is 2.51. The zero-order chi connectivity index (χ0) is 13.0. The first kappa shape index (κ1) is 11.4. The number of fused-ring (bicyclic) bond motifs is 1. The second-order valence-corrected chi connectivity index (χ2v) is 5.32. The molecular formula is C13H15FN2O2. The van der Waals surface area contributed by atoms with Crippen LogP contribution in [0.1, 0.15) is 43.9 Å². The lowest BCUT2D eigenvalue weighted by atomic mass is 9.77. The first-order valence-electron chi connectivity index (χ1n) is 6.24. The molecule has 0 amide bonds. The molecule has 0 saturated heterocycles. The van der Waals surface area contributed by atoms with Crippen LogP contribution in [-0.2, 0) is 0 Å². The molecule has 0 aromatic carbocycles. The van der Waals surface area contributed by atoms with Crippen molar-refractivity contribution in [3.63, 3.8) is 0 Å². The van der Waals surface area contributed by atoms with Gasteiger partial charge in [0.15, 0.2) is 0 Å². The largest absolute Gasteiger partial charge is 0.325 e. The molecule has 0 spiro atoms. The van der Waals surface area contributed by atoms with Crippen LogP contribution < -0.4 is 11.2 Å². The molecule has 1 aromatic rings. The lowest BCUT2D eigenvalue weighted by molar-refractivity contribution is 0.362. The molecule has 2 N–H and O–H groups in total. The van der Waals surface area contributed by atoms with Crippen LogP contribution in [0.15, 0.2) is 15.4 Å². The molecule has 0 bridgehead atoms. The van der Waals surface area contributed by atoms with Gasteiger partial charge in [-0.25, -0.2) is 9.18 Å². The maximum absolute atomic E-state index is 14.4. The second-order valence-electron chi connectivity index (χ2n) is 5.32. The van der Waals surface area contributed by atoms with Crippen LogP contribution in [0.3, 0.4) is 0 Å². The van der Waals surface area contributed by atoms with Crippen molar-refractivity contribution in [2.24, 2.45) is 11.8 Å². The monoisotopic (exact) mass is 250 g/mol. The van der Waals surface area contributed by atoms with E-state index in [1.54, 1.807) is 6.92 Å². The van der Waals surface area contributed by atoms with E-state index < -0.39 is 11.2 Å². The van der Waals surface area contributed by atoms with Gasteiger partial charge in [0, 0.05) is 17.5 Å². The molecular weight excluding hydrogens is 235 g/mol. The zero-order valence-electron chi connectivity index (χ0n) is 10.3. The van der Waals surface area contributed by atoms with Gasteiger partial charge in [-0.15, -0.1) is 0 Å². The van der Waals surface area contributed by atoms with Gasteiger partial charge >= 0.3 is 5.69 Å². The highest BCUT2D eigenvalue weighted by atomic mass is 19.1. The van der Waals surface area contributed by atoms with Crippen LogP contribution in [0.2, 0.25) is 0 Å². The highest BCUT2D eigenvalue weighted by Gasteiger charge is 2.43. The Bertz CT molecular complexity index is 652. The van der Waals surface area contributed by atoms with Crippen molar-refractivity contribution in [3.8, 4) is 0 Å². The van der Waals surface area contributed by atoms with Crippen molar-refractivity contribution in [2.45, 2.75) is 32.6 Å². The molecule has 2 aliphatic carbocycles. The fourth-order valence-electron chi connectivity index (χ4n) is 3.06. The van der Waals surface area contributed by atoms with Gasteiger partial charge in [0.25, 0.3) is 5.56 Å². The van der Waals surface area contributed by atoms with Crippen molar-refractivity contribution in [2.75, 3.05) is 0 Å². The van der Waals surface area contributed by atoms with E-state index in [-0.39, 0.29) is 17.7 Å². The third kappa shape index (κ3) is 1.50. The maximum Gasteiger partial charge on any atom is 0.325 e. The lowest BCUT2D eigenvalue weighted by Gasteiger charge is -2.29. The first-order valence-corrected chi connectivity index (χ1v) is 6.24. The molecule has 1 heterocycles. The predicted octanol–water partition coefficient (Wildman–Crippen LogP) is 1.91. The Labute approximate surface area is 103 Å². The summed E-state index contributed by atoms with van der Waals surface area (Å²) >= 11 is 0. The molecule has 18 heavy (non-hydrogen) atoms. The summed E-state index contributed by atoms with van der Waals surface area (Å²) in [6.45, 7) is 3.49. The summed E-state index contributed by atoms with van der Waals surface area (Å²) in [5.41, 5.74) is 0.242. The summed E-state index contributed by atoms with van der Waals surface area (Å²) in [5.74, 6) is -0.165.